The maximum Gasteiger partial charge on any atom is 0.256 e. The van der Waals surface area contributed by atoms with Gasteiger partial charge in [0.05, 0.1) is 11.6 Å². The molecule has 0 heterocycles. The van der Waals surface area contributed by atoms with Crippen LogP contribution in [-0.4, -0.2) is 32.2 Å². The van der Waals surface area contributed by atoms with Gasteiger partial charge in [-0.3, -0.25) is 0 Å². The first-order chi connectivity index (χ1) is 6.14. The van der Waals surface area contributed by atoms with Gasteiger partial charge in [0.15, 0.2) is 0 Å². The van der Waals surface area contributed by atoms with Crippen LogP contribution < -0.4 is 5.32 Å². The number of hydrogen-bond donors (Lipinski definition) is 1. The Labute approximate surface area is 77.6 Å². The molecule has 2 nitrogen and oxygen atoms in total. The Morgan fingerprint density at radius 1 is 1.38 bits per heavy atom. The molecule has 1 rings (SSSR count). The lowest BCUT2D eigenvalue weighted by Crippen LogP contribution is -2.52. The van der Waals surface area contributed by atoms with Gasteiger partial charge in [-0.15, -0.1) is 0 Å². The number of rotatable bonds is 3. The van der Waals surface area contributed by atoms with E-state index in [9.17, 15) is 8.78 Å². The van der Waals surface area contributed by atoms with Crippen molar-refractivity contribution in [2.75, 3.05) is 14.2 Å². The zero-order valence-corrected chi connectivity index (χ0v) is 8.15. The number of alkyl halides is 2. The summed E-state index contributed by atoms with van der Waals surface area (Å²) < 4.78 is 30.5. The summed E-state index contributed by atoms with van der Waals surface area (Å²) in [4.78, 5) is 0. The van der Waals surface area contributed by atoms with Gasteiger partial charge in [0.25, 0.3) is 6.43 Å². The highest BCUT2D eigenvalue weighted by atomic mass is 19.3. The van der Waals surface area contributed by atoms with Gasteiger partial charge in [0.2, 0.25) is 0 Å². The molecule has 0 amide bonds. The predicted octanol–water partition coefficient (Wildman–Crippen LogP) is 1.80. The van der Waals surface area contributed by atoms with Crippen molar-refractivity contribution in [2.45, 2.75) is 43.8 Å². The molecule has 4 heteroatoms. The minimum absolute atomic E-state index is 0.167. The van der Waals surface area contributed by atoms with Gasteiger partial charge in [-0.1, -0.05) is 0 Å². The molecule has 0 aliphatic heterocycles. The molecule has 13 heavy (non-hydrogen) atoms. The normalized spacial score (nSPS) is 35.3. The second kappa shape index (κ2) is 4.33. The maximum atomic E-state index is 12.7. The summed E-state index contributed by atoms with van der Waals surface area (Å²) in [6.45, 7) is 0. The van der Waals surface area contributed by atoms with Gasteiger partial charge in [0.1, 0.15) is 0 Å². The summed E-state index contributed by atoms with van der Waals surface area (Å²) in [6, 6.07) is 0. The second-order valence-electron chi connectivity index (χ2n) is 3.64. The highest BCUT2D eigenvalue weighted by molar-refractivity contribution is 4.94. The van der Waals surface area contributed by atoms with E-state index in [1.807, 2.05) is 0 Å². The molecular formula is C9H17F2NO. The summed E-state index contributed by atoms with van der Waals surface area (Å²) >= 11 is 0. The second-order valence-corrected chi connectivity index (χ2v) is 3.64. The molecule has 1 N–H and O–H groups in total. The largest absolute Gasteiger partial charge is 0.381 e. The van der Waals surface area contributed by atoms with Crippen LogP contribution in [0.3, 0.4) is 0 Å². The SMILES string of the molecule is CNC1(C(F)F)CCC(OC)CC1. The van der Waals surface area contributed by atoms with Gasteiger partial charge >= 0.3 is 0 Å². The zero-order valence-electron chi connectivity index (χ0n) is 8.15. The van der Waals surface area contributed by atoms with Crippen LogP contribution in [0.15, 0.2) is 0 Å². The smallest absolute Gasteiger partial charge is 0.256 e. The van der Waals surface area contributed by atoms with Crippen LogP contribution in [0, 0.1) is 0 Å². The van der Waals surface area contributed by atoms with E-state index < -0.39 is 12.0 Å². The van der Waals surface area contributed by atoms with Gasteiger partial charge in [-0.2, -0.15) is 0 Å². The first-order valence-electron chi connectivity index (χ1n) is 4.64. The first kappa shape index (κ1) is 10.9. The molecule has 0 aromatic carbocycles. The molecule has 0 aromatic heterocycles. The molecule has 78 valence electrons. The van der Waals surface area contributed by atoms with Crippen molar-refractivity contribution in [1.82, 2.24) is 5.32 Å². The Morgan fingerprint density at radius 3 is 2.23 bits per heavy atom. The Bertz CT molecular complexity index is 156. The fraction of sp³-hybridized carbons (Fsp3) is 1.00. The van der Waals surface area contributed by atoms with Crippen molar-refractivity contribution in [3.63, 3.8) is 0 Å². The van der Waals surface area contributed by atoms with Crippen LogP contribution in [-0.2, 0) is 4.74 Å². The van der Waals surface area contributed by atoms with E-state index in [1.165, 1.54) is 0 Å². The minimum Gasteiger partial charge on any atom is -0.381 e. The summed E-state index contributed by atoms with van der Waals surface area (Å²) in [6.07, 6.45) is 0.332. The van der Waals surface area contributed by atoms with Gasteiger partial charge < -0.3 is 10.1 Å². The predicted molar refractivity (Wildman–Crippen MR) is 47.1 cm³/mol. The quantitative estimate of drug-likeness (QED) is 0.738. The molecule has 0 aromatic rings. The number of methoxy groups -OCH3 is 1. The van der Waals surface area contributed by atoms with Crippen LogP contribution in [0.1, 0.15) is 25.7 Å². The minimum atomic E-state index is -2.28. The highest BCUT2D eigenvalue weighted by Crippen LogP contribution is 2.34. The van der Waals surface area contributed by atoms with Gasteiger partial charge in [-0.25, -0.2) is 8.78 Å². The molecule has 0 spiro atoms. The first-order valence-corrected chi connectivity index (χ1v) is 4.64. The van der Waals surface area contributed by atoms with Crippen molar-refractivity contribution in [3.8, 4) is 0 Å². The summed E-state index contributed by atoms with van der Waals surface area (Å²) in [5, 5.41) is 2.76. The average Bonchev–Trinajstić information content (AvgIpc) is 2.17. The Kier molecular flexibility index (Phi) is 3.62. The number of hydrogen-bond acceptors (Lipinski definition) is 2. The molecule has 1 fully saturated rings. The van der Waals surface area contributed by atoms with Crippen LogP contribution in [0.2, 0.25) is 0 Å². The fourth-order valence-corrected chi connectivity index (χ4v) is 1.92. The van der Waals surface area contributed by atoms with E-state index in [-0.39, 0.29) is 6.10 Å². The summed E-state index contributed by atoms with van der Waals surface area (Å²) in [5.74, 6) is 0. The molecule has 0 radical (unpaired) electrons. The molecule has 1 aliphatic rings. The van der Waals surface area contributed by atoms with Crippen molar-refractivity contribution in [1.29, 1.82) is 0 Å². The number of ether oxygens (including phenoxy) is 1. The van der Waals surface area contributed by atoms with Crippen LogP contribution in [0.4, 0.5) is 8.78 Å². The third kappa shape index (κ3) is 2.17. The standard InChI is InChI=1S/C9H17F2NO/c1-12-9(8(10)11)5-3-7(13-2)4-6-9/h7-8,12H,3-6H2,1-2H3. The lowest BCUT2D eigenvalue weighted by atomic mass is 9.80. The lowest BCUT2D eigenvalue weighted by molar-refractivity contribution is -0.0265. The zero-order chi connectivity index (χ0) is 9.90. The molecular weight excluding hydrogens is 176 g/mol. The van der Waals surface area contributed by atoms with E-state index in [0.717, 1.165) is 12.8 Å². The Hall–Kier alpha value is -0.220. The highest BCUT2D eigenvalue weighted by Gasteiger charge is 2.41. The number of halogens is 2. The van der Waals surface area contributed by atoms with Gasteiger partial charge in [-0.05, 0) is 32.7 Å². The van der Waals surface area contributed by atoms with Crippen molar-refractivity contribution in [3.05, 3.63) is 0 Å². The van der Waals surface area contributed by atoms with Crippen molar-refractivity contribution in [2.24, 2.45) is 0 Å². The van der Waals surface area contributed by atoms with Crippen LogP contribution in [0.5, 0.6) is 0 Å². The van der Waals surface area contributed by atoms with Gasteiger partial charge in [0, 0.05) is 7.11 Å². The van der Waals surface area contributed by atoms with Crippen LogP contribution in [0.25, 0.3) is 0 Å². The third-order valence-electron chi connectivity index (χ3n) is 3.07. The average molecular weight is 193 g/mol. The van der Waals surface area contributed by atoms with Crippen LogP contribution >= 0.6 is 0 Å². The van der Waals surface area contributed by atoms with E-state index in [2.05, 4.69) is 5.32 Å². The molecule has 1 aliphatic carbocycles. The Balaban J connectivity index is 2.53. The fourth-order valence-electron chi connectivity index (χ4n) is 1.92. The lowest BCUT2D eigenvalue weighted by Gasteiger charge is -2.38. The van der Waals surface area contributed by atoms with Crippen molar-refractivity contribution < 1.29 is 13.5 Å². The van der Waals surface area contributed by atoms with E-state index in [0.29, 0.717) is 12.8 Å². The molecule has 0 saturated heterocycles. The van der Waals surface area contributed by atoms with Crippen molar-refractivity contribution >= 4 is 0 Å². The summed E-state index contributed by atoms with van der Waals surface area (Å²) in [7, 11) is 3.25. The molecule has 1 saturated carbocycles. The molecule has 0 bridgehead atoms. The Morgan fingerprint density at radius 2 is 1.92 bits per heavy atom. The topological polar surface area (TPSA) is 21.3 Å². The van der Waals surface area contributed by atoms with E-state index in [1.54, 1.807) is 14.2 Å². The summed E-state index contributed by atoms with van der Waals surface area (Å²) in [5.41, 5.74) is -0.963. The maximum absolute atomic E-state index is 12.7. The number of nitrogens with one attached hydrogen (secondary N) is 1. The molecule has 0 unspecified atom stereocenters. The van der Waals surface area contributed by atoms with E-state index in [4.69, 9.17) is 4.74 Å². The molecule has 0 atom stereocenters. The van der Waals surface area contributed by atoms with E-state index >= 15 is 0 Å². The third-order valence-corrected chi connectivity index (χ3v) is 3.07. The monoisotopic (exact) mass is 193 g/mol.